The van der Waals surface area contributed by atoms with Crippen LogP contribution in [0.15, 0.2) is 36.4 Å². The molecule has 3 rings (SSSR count). The number of hydrogen-bond donors (Lipinski definition) is 1. The number of hydrogen-bond acceptors (Lipinski definition) is 3. The third-order valence-electron chi connectivity index (χ3n) is 5.07. The van der Waals surface area contributed by atoms with Crippen molar-refractivity contribution in [3.05, 3.63) is 52.5 Å². The van der Waals surface area contributed by atoms with Crippen LogP contribution in [0.5, 0.6) is 5.75 Å². The molecule has 5 heteroatoms. The molecule has 0 bridgehead atoms. The highest BCUT2D eigenvalue weighted by molar-refractivity contribution is 6.32. The van der Waals surface area contributed by atoms with Gasteiger partial charge in [-0.15, -0.1) is 0 Å². The summed E-state index contributed by atoms with van der Waals surface area (Å²) in [6.45, 7) is 7.18. The number of amides is 1. The van der Waals surface area contributed by atoms with E-state index in [1.807, 2.05) is 38.1 Å². The van der Waals surface area contributed by atoms with Gasteiger partial charge in [0.2, 0.25) is 0 Å². The zero-order chi connectivity index (χ0) is 19.4. The summed E-state index contributed by atoms with van der Waals surface area (Å²) in [6, 6.07) is 12.3. The van der Waals surface area contributed by atoms with E-state index in [1.165, 1.54) is 24.9 Å². The van der Waals surface area contributed by atoms with Gasteiger partial charge >= 0.3 is 0 Å². The summed E-state index contributed by atoms with van der Waals surface area (Å²) in [5.41, 5.74) is 3.87. The Morgan fingerprint density at radius 2 is 1.85 bits per heavy atom. The van der Waals surface area contributed by atoms with Crippen LogP contribution in [0, 0.1) is 13.8 Å². The Labute approximate surface area is 166 Å². The average Bonchev–Trinajstić information content (AvgIpc) is 2.65. The molecule has 0 aromatic heterocycles. The first-order valence-electron chi connectivity index (χ1n) is 9.50. The largest absolute Gasteiger partial charge is 0.484 e. The Bertz CT molecular complexity index is 781. The molecule has 0 radical (unpaired) electrons. The minimum atomic E-state index is -0.181. The van der Waals surface area contributed by atoms with Crippen molar-refractivity contribution < 1.29 is 9.53 Å². The lowest BCUT2D eigenvalue weighted by atomic mass is 10.0. The van der Waals surface area contributed by atoms with Crippen molar-refractivity contribution in [3.8, 4) is 5.75 Å². The second-order valence-electron chi connectivity index (χ2n) is 7.29. The number of benzene rings is 2. The first-order valence-corrected chi connectivity index (χ1v) is 9.88. The van der Waals surface area contributed by atoms with Crippen molar-refractivity contribution in [3.63, 3.8) is 0 Å². The molecule has 0 unspecified atom stereocenters. The molecule has 27 heavy (non-hydrogen) atoms. The van der Waals surface area contributed by atoms with Crippen molar-refractivity contribution >= 4 is 28.9 Å². The third kappa shape index (κ3) is 4.95. The minimum absolute atomic E-state index is 0.0363. The Balaban J connectivity index is 1.55. The first-order chi connectivity index (χ1) is 12.9. The van der Waals surface area contributed by atoms with Crippen LogP contribution in [0.4, 0.5) is 11.4 Å². The van der Waals surface area contributed by atoms with Crippen molar-refractivity contribution in [2.45, 2.75) is 46.1 Å². The fourth-order valence-electron chi connectivity index (χ4n) is 3.55. The number of aryl methyl sites for hydroxylation is 2. The molecule has 1 heterocycles. The number of ether oxygens (including phenoxy) is 1. The molecule has 1 aliphatic rings. The summed E-state index contributed by atoms with van der Waals surface area (Å²) in [5, 5.41) is 3.62. The van der Waals surface area contributed by atoms with E-state index >= 15 is 0 Å². The number of halogens is 1. The van der Waals surface area contributed by atoms with Crippen molar-refractivity contribution in [1.29, 1.82) is 0 Å². The highest BCUT2D eigenvalue weighted by Gasteiger charge is 2.18. The van der Waals surface area contributed by atoms with Gasteiger partial charge in [0.1, 0.15) is 5.75 Å². The van der Waals surface area contributed by atoms with E-state index in [4.69, 9.17) is 16.3 Å². The number of nitrogens with zero attached hydrogens (tertiary/aromatic N) is 1. The molecule has 1 amide bonds. The molecular formula is C22H27ClN2O2. The van der Waals surface area contributed by atoms with Gasteiger partial charge in [0.05, 0.1) is 0 Å². The lowest BCUT2D eigenvalue weighted by Crippen LogP contribution is -2.37. The van der Waals surface area contributed by atoms with Crippen LogP contribution in [0.2, 0.25) is 5.02 Å². The molecule has 0 aliphatic carbocycles. The normalized spacial score (nSPS) is 16.9. The Morgan fingerprint density at radius 1 is 1.19 bits per heavy atom. The second kappa shape index (κ2) is 8.66. The maximum atomic E-state index is 12.2. The van der Waals surface area contributed by atoms with E-state index in [2.05, 4.69) is 29.3 Å². The van der Waals surface area contributed by atoms with Gasteiger partial charge in [-0.1, -0.05) is 11.6 Å². The number of nitrogens with one attached hydrogen (secondary N) is 1. The standard InChI is InChI=1S/C22H27ClN2O2/c1-15-12-20(13-16(2)22(15)23)27-14-21(26)24-18-7-9-19(10-8-18)25-11-5-4-6-17(25)3/h7-10,12-13,17H,4-6,11,14H2,1-3H3,(H,24,26)/t17-/m1/s1. The zero-order valence-electron chi connectivity index (χ0n) is 16.2. The summed E-state index contributed by atoms with van der Waals surface area (Å²) in [7, 11) is 0. The molecule has 0 saturated carbocycles. The van der Waals surface area contributed by atoms with E-state index in [9.17, 15) is 4.79 Å². The maximum absolute atomic E-state index is 12.2. The predicted octanol–water partition coefficient (Wildman–Crippen LogP) is 5.35. The smallest absolute Gasteiger partial charge is 0.262 e. The number of rotatable bonds is 5. The molecule has 1 atom stereocenters. The molecule has 1 aliphatic heterocycles. The Morgan fingerprint density at radius 3 is 2.48 bits per heavy atom. The molecule has 2 aromatic carbocycles. The van der Waals surface area contributed by atoms with Crippen molar-refractivity contribution in [1.82, 2.24) is 0 Å². The second-order valence-corrected chi connectivity index (χ2v) is 7.67. The van der Waals surface area contributed by atoms with Crippen LogP contribution < -0.4 is 15.0 Å². The fourth-order valence-corrected chi connectivity index (χ4v) is 3.66. The number of carbonyl (C=O) groups excluding carboxylic acids is 1. The zero-order valence-corrected chi connectivity index (χ0v) is 17.0. The fraction of sp³-hybridized carbons (Fsp3) is 0.409. The Hall–Kier alpha value is -2.20. The molecule has 1 saturated heterocycles. The minimum Gasteiger partial charge on any atom is -0.484 e. The molecule has 0 spiro atoms. The molecule has 144 valence electrons. The average molecular weight is 387 g/mol. The van der Waals surface area contributed by atoms with Crippen LogP contribution in [-0.2, 0) is 4.79 Å². The first kappa shape index (κ1) is 19.6. The van der Waals surface area contributed by atoms with Gasteiger partial charge in [-0.3, -0.25) is 4.79 Å². The van der Waals surface area contributed by atoms with E-state index in [-0.39, 0.29) is 12.5 Å². The van der Waals surface area contributed by atoms with Gasteiger partial charge in [0.25, 0.3) is 5.91 Å². The van der Waals surface area contributed by atoms with Gasteiger partial charge < -0.3 is 15.0 Å². The van der Waals surface area contributed by atoms with Crippen LogP contribution in [0.3, 0.4) is 0 Å². The van der Waals surface area contributed by atoms with E-state index < -0.39 is 0 Å². The quantitative estimate of drug-likeness (QED) is 0.752. The van der Waals surface area contributed by atoms with Crippen LogP contribution in [-0.4, -0.2) is 25.1 Å². The number of anilines is 2. The lowest BCUT2D eigenvalue weighted by Gasteiger charge is -2.35. The maximum Gasteiger partial charge on any atom is 0.262 e. The Kier molecular flexibility index (Phi) is 6.27. The van der Waals surface area contributed by atoms with E-state index in [0.29, 0.717) is 11.8 Å². The van der Waals surface area contributed by atoms with Crippen LogP contribution >= 0.6 is 11.6 Å². The summed E-state index contributed by atoms with van der Waals surface area (Å²) >= 11 is 6.16. The summed E-state index contributed by atoms with van der Waals surface area (Å²) in [5.74, 6) is 0.471. The number of piperidine rings is 1. The van der Waals surface area contributed by atoms with Crippen LogP contribution in [0.25, 0.3) is 0 Å². The highest BCUT2D eigenvalue weighted by Crippen LogP contribution is 2.27. The van der Waals surface area contributed by atoms with E-state index in [1.54, 1.807) is 0 Å². The van der Waals surface area contributed by atoms with Gasteiger partial charge in [-0.25, -0.2) is 0 Å². The van der Waals surface area contributed by atoms with Gasteiger partial charge in [0.15, 0.2) is 6.61 Å². The van der Waals surface area contributed by atoms with Gasteiger partial charge in [-0.2, -0.15) is 0 Å². The topological polar surface area (TPSA) is 41.6 Å². The van der Waals surface area contributed by atoms with Gasteiger partial charge in [0, 0.05) is 29.0 Å². The molecule has 4 nitrogen and oxygen atoms in total. The SMILES string of the molecule is Cc1cc(OCC(=O)Nc2ccc(N3CCCC[C@H]3C)cc2)cc(C)c1Cl. The lowest BCUT2D eigenvalue weighted by molar-refractivity contribution is -0.118. The number of carbonyl (C=O) groups is 1. The van der Waals surface area contributed by atoms with Crippen LogP contribution in [0.1, 0.15) is 37.3 Å². The summed E-state index contributed by atoms with van der Waals surface area (Å²) < 4.78 is 5.61. The molecular weight excluding hydrogens is 360 g/mol. The monoisotopic (exact) mass is 386 g/mol. The molecule has 2 aromatic rings. The predicted molar refractivity (Wildman–Crippen MR) is 112 cm³/mol. The third-order valence-corrected chi connectivity index (χ3v) is 5.66. The molecule has 1 fully saturated rings. The highest BCUT2D eigenvalue weighted by atomic mass is 35.5. The summed E-state index contributed by atoms with van der Waals surface area (Å²) in [6.07, 6.45) is 3.78. The van der Waals surface area contributed by atoms with E-state index in [0.717, 1.165) is 28.4 Å². The summed E-state index contributed by atoms with van der Waals surface area (Å²) in [4.78, 5) is 14.6. The van der Waals surface area contributed by atoms with Crippen molar-refractivity contribution in [2.75, 3.05) is 23.4 Å². The van der Waals surface area contributed by atoms with Gasteiger partial charge in [-0.05, 0) is 87.6 Å². The van der Waals surface area contributed by atoms with Crippen molar-refractivity contribution in [2.24, 2.45) is 0 Å². The molecule has 1 N–H and O–H groups in total.